The van der Waals surface area contributed by atoms with E-state index in [1.54, 1.807) is 0 Å². The van der Waals surface area contributed by atoms with Gasteiger partial charge >= 0.3 is 0 Å². The van der Waals surface area contributed by atoms with E-state index >= 15 is 0 Å². The Kier molecular flexibility index (Phi) is 7.39. The predicted octanol–water partition coefficient (Wildman–Crippen LogP) is 2.01. The van der Waals surface area contributed by atoms with Crippen LogP contribution in [0.4, 0.5) is 0 Å². The van der Waals surface area contributed by atoms with Crippen LogP contribution in [0.1, 0.15) is 47.0 Å². The fraction of sp³-hybridized carbons (Fsp3) is 0.917. The van der Waals surface area contributed by atoms with Gasteiger partial charge in [0.2, 0.25) is 5.91 Å². The van der Waals surface area contributed by atoms with E-state index in [-0.39, 0.29) is 17.9 Å². The highest BCUT2D eigenvalue weighted by Crippen LogP contribution is 2.09. The second-order valence-electron chi connectivity index (χ2n) is 4.18. The number of likely N-dealkylation sites (N-methyl/N-ethyl adjacent to an activating group) is 1. The number of hydrogen-bond acceptors (Lipinski definition) is 2. The van der Waals surface area contributed by atoms with E-state index in [1.165, 1.54) is 0 Å². The number of carbonyl (C=O) groups is 1. The first-order valence-electron chi connectivity index (χ1n) is 6.12. The summed E-state index contributed by atoms with van der Waals surface area (Å²) in [5.74, 6) is 0.383. The Balaban J connectivity index is 4.24. The topological polar surface area (TPSA) is 46.3 Å². The van der Waals surface area contributed by atoms with Gasteiger partial charge in [-0.1, -0.05) is 33.6 Å². The van der Waals surface area contributed by atoms with E-state index in [0.717, 1.165) is 32.4 Å². The minimum atomic E-state index is -0.327. The molecule has 1 amide bonds. The molecule has 0 saturated carbocycles. The molecule has 0 aliphatic carbocycles. The number of carbonyl (C=O) groups excluding carboxylic acids is 1. The molecular formula is C12H26N2O. The second-order valence-corrected chi connectivity index (χ2v) is 4.18. The molecule has 3 heteroatoms. The minimum absolute atomic E-state index is 0.111. The van der Waals surface area contributed by atoms with Crippen molar-refractivity contribution >= 4 is 5.91 Å². The summed E-state index contributed by atoms with van der Waals surface area (Å²) < 4.78 is 0. The van der Waals surface area contributed by atoms with Crippen molar-refractivity contribution in [3.05, 3.63) is 0 Å². The third-order valence-corrected chi connectivity index (χ3v) is 3.02. The molecule has 0 heterocycles. The molecule has 0 spiro atoms. The first kappa shape index (κ1) is 14.4. The van der Waals surface area contributed by atoms with Gasteiger partial charge in [-0.2, -0.15) is 0 Å². The average molecular weight is 214 g/mol. The van der Waals surface area contributed by atoms with Crippen molar-refractivity contribution in [1.82, 2.24) is 4.90 Å². The van der Waals surface area contributed by atoms with Crippen LogP contribution in [-0.2, 0) is 4.79 Å². The first-order chi connectivity index (χ1) is 7.08. The Morgan fingerprint density at radius 2 is 1.93 bits per heavy atom. The normalized spacial score (nSPS) is 14.7. The van der Waals surface area contributed by atoms with Gasteiger partial charge in [0.05, 0.1) is 6.04 Å². The smallest absolute Gasteiger partial charge is 0.239 e. The van der Waals surface area contributed by atoms with Crippen LogP contribution in [0.15, 0.2) is 0 Å². The summed E-state index contributed by atoms with van der Waals surface area (Å²) >= 11 is 0. The Labute approximate surface area is 94.0 Å². The Hall–Kier alpha value is -0.570. The lowest BCUT2D eigenvalue weighted by atomic mass is 9.99. The van der Waals surface area contributed by atoms with E-state index in [4.69, 9.17) is 5.73 Å². The summed E-state index contributed by atoms with van der Waals surface area (Å²) in [6.07, 6.45) is 3.13. The van der Waals surface area contributed by atoms with E-state index < -0.39 is 0 Å². The molecule has 0 aromatic carbocycles. The molecule has 0 radical (unpaired) electrons. The van der Waals surface area contributed by atoms with Gasteiger partial charge in [-0.3, -0.25) is 4.79 Å². The molecule has 15 heavy (non-hydrogen) atoms. The highest BCUT2D eigenvalue weighted by Gasteiger charge is 2.23. The van der Waals surface area contributed by atoms with Gasteiger partial charge in [-0.25, -0.2) is 0 Å². The van der Waals surface area contributed by atoms with Crippen LogP contribution in [0.25, 0.3) is 0 Å². The zero-order valence-corrected chi connectivity index (χ0v) is 10.6. The molecule has 2 atom stereocenters. The molecule has 0 rings (SSSR count). The van der Waals surface area contributed by atoms with Crippen molar-refractivity contribution in [2.45, 2.75) is 53.0 Å². The van der Waals surface area contributed by atoms with Gasteiger partial charge < -0.3 is 10.6 Å². The van der Waals surface area contributed by atoms with Crippen LogP contribution in [0.2, 0.25) is 0 Å². The van der Waals surface area contributed by atoms with Crippen LogP contribution in [0.3, 0.4) is 0 Å². The quantitative estimate of drug-likeness (QED) is 0.704. The average Bonchev–Trinajstić information content (AvgIpc) is 2.27. The Morgan fingerprint density at radius 3 is 2.33 bits per heavy atom. The van der Waals surface area contributed by atoms with Crippen LogP contribution >= 0.6 is 0 Å². The molecule has 3 nitrogen and oxygen atoms in total. The zero-order chi connectivity index (χ0) is 11.8. The molecule has 90 valence electrons. The van der Waals surface area contributed by atoms with Crippen LogP contribution in [0.5, 0.6) is 0 Å². The zero-order valence-electron chi connectivity index (χ0n) is 10.6. The number of nitrogens with zero attached hydrogens (tertiary/aromatic N) is 1. The van der Waals surface area contributed by atoms with Gasteiger partial charge in [-0.05, 0) is 19.3 Å². The molecule has 0 aliphatic heterocycles. The van der Waals surface area contributed by atoms with E-state index in [2.05, 4.69) is 13.8 Å². The van der Waals surface area contributed by atoms with Crippen molar-refractivity contribution in [1.29, 1.82) is 0 Å². The van der Waals surface area contributed by atoms with Gasteiger partial charge in [0.1, 0.15) is 0 Å². The molecular weight excluding hydrogens is 188 g/mol. The first-order valence-corrected chi connectivity index (χ1v) is 6.12. The van der Waals surface area contributed by atoms with Crippen LogP contribution < -0.4 is 5.73 Å². The van der Waals surface area contributed by atoms with Gasteiger partial charge in [0.25, 0.3) is 0 Å². The maximum atomic E-state index is 12.0. The molecule has 0 aromatic heterocycles. The molecule has 0 fully saturated rings. The standard InChI is InChI=1S/C12H26N2O/c1-5-8-9-14(7-3)12(15)11(13)10(4)6-2/h10-11H,5-9,13H2,1-4H3. The monoisotopic (exact) mass is 214 g/mol. The van der Waals surface area contributed by atoms with E-state index in [0.29, 0.717) is 0 Å². The maximum absolute atomic E-state index is 12.0. The lowest BCUT2D eigenvalue weighted by molar-refractivity contribution is -0.133. The molecule has 0 bridgehead atoms. The fourth-order valence-corrected chi connectivity index (χ4v) is 1.48. The number of unbranched alkanes of at least 4 members (excludes halogenated alkanes) is 1. The van der Waals surface area contributed by atoms with Crippen molar-refractivity contribution < 1.29 is 4.79 Å². The summed E-state index contributed by atoms with van der Waals surface area (Å²) in [5.41, 5.74) is 5.93. The molecule has 2 N–H and O–H groups in total. The van der Waals surface area contributed by atoms with E-state index in [9.17, 15) is 4.79 Å². The highest BCUT2D eigenvalue weighted by molar-refractivity contribution is 5.81. The number of rotatable bonds is 7. The van der Waals surface area contributed by atoms with Gasteiger partial charge in [-0.15, -0.1) is 0 Å². The number of hydrogen-bond donors (Lipinski definition) is 1. The lowest BCUT2D eigenvalue weighted by Crippen LogP contribution is -2.47. The molecule has 0 saturated heterocycles. The Morgan fingerprint density at radius 1 is 1.33 bits per heavy atom. The highest BCUT2D eigenvalue weighted by atomic mass is 16.2. The van der Waals surface area contributed by atoms with Crippen molar-refractivity contribution in [3.8, 4) is 0 Å². The molecule has 2 unspecified atom stereocenters. The summed E-state index contributed by atoms with van der Waals surface area (Å²) in [6, 6.07) is -0.327. The van der Waals surface area contributed by atoms with Crippen molar-refractivity contribution in [2.24, 2.45) is 11.7 Å². The van der Waals surface area contributed by atoms with Crippen molar-refractivity contribution in [3.63, 3.8) is 0 Å². The van der Waals surface area contributed by atoms with Crippen molar-refractivity contribution in [2.75, 3.05) is 13.1 Å². The van der Waals surface area contributed by atoms with Gasteiger partial charge in [0.15, 0.2) is 0 Å². The predicted molar refractivity (Wildman–Crippen MR) is 64.6 cm³/mol. The summed E-state index contributed by atoms with van der Waals surface area (Å²) in [5, 5.41) is 0. The maximum Gasteiger partial charge on any atom is 0.239 e. The summed E-state index contributed by atoms with van der Waals surface area (Å²) in [6.45, 7) is 9.86. The molecule has 0 aromatic rings. The number of amides is 1. The van der Waals surface area contributed by atoms with Crippen LogP contribution in [0, 0.1) is 5.92 Å². The van der Waals surface area contributed by atoms with Gasteiger partial charge in [0, 0.05) is 13.1 Å². The minimum Gasteiger partial charge on any atom is -0.342 e. The fourth-order valence-electron chi connectivity index (χ4n) is 1.48. The SMILES string of the molecule is CCCCN(CC)C(=O)C(N)C(C)CC. The lowest BCUT2D eigenvalue weighted by Gasteiger charge is -2.26. The third kappa shape index (κ3) is 4.65. The Bertz CT molecular complexity index is 182. The number of nitrogens with two attached hydrogens (primary N) is 1. The van der Waals surface area contributed by atoms with Crippen LogP contribution in [-0.4, -0.2) is 29.9 Å². The third-order valence-electron chi connectivity index (χ3n) is 3.02. The summed E-state index contributed by atoms with van der Waals surface area (Å²) in [7, 11) is 0. The van der Waals surface area contributed by atoms with E-state index in [1.807, 2.05) is 18.7 Å². The summed E-state index contributed by atoms with van der Waals surface area (Å²) in [4.78, 5) is 13.9. The largest absolute Gasteiger partial charge is 0.342 e. The second kappa shape index (κ2) is 7.69. The molecule has 0 aliphatic rings.